The molecule has 0 bridgehead atoms. The molecule has 0 saturated carbocycles. The standard InChI is InChI=1S/C15H14BrNO4/c1-4-5-11(19)17-13-12-9(16)6-7-10(20-3)15(12)21-14(13)8(2)18/h4-7H,1-3H3,(H,17,19)/b5-4+. The van der Waals surface area contributed by atoms with Gasteiger partial charge in [0.25, 0.3) is 0 Å². The number of halogens is 1. The van der Waals surface area contributed by atoms with Gasteiger partial charge in [0.1, 0.15) is 5.69 Å². The van der Waals surface area contributed by atoms with Gasteiger partial charge in [0.05, 0.1) is 12.5 Å². The fourth-order valence-corrected chi connectivity index (χ4v) is 2.50. The molecule has 2 rings (SSSR count). The lowest BCUT2D eigenvalue weighted by molar-refractivity contribution is -0.111. The Morgan fingerprint density at radius 3 is 2.67 bits per heavy atom. The molecule has 0 radical (unpaired) electrons. The van der Waals surface area contributed by atoms with Crippen molar-refractivity contribution in [3.8, 4) is 5.75 Å². The lowest BCUT2D eigenvalue weighted by atomic mass is 10.2. The summed E-state index contributed by atoms with van der Waals surface area (Å²) in [4.78, 5) is 23.6. The highest BCUT2D eigenvalue weighted by molar-refractivity contribution is 9.10. The molecular formula is C15H14BrNO4. The van der Waals surface area contributed by atoms with Crippen LogP contribution in [0.15, 0.2) is 33.2 Å². The van der Waals surface area contributed by atoms with Crippen LogP contribution in [-0.4, -0.2) is 18.8 Å². The Balaban J connectivity index is 2.73. The molecule has 21 heavy (non-hydrogen) atoms. The van der Waals surface area contributed by atoms with E-state index in [1.807, 2.05) is 0 Å². The number of nitrogens with one attached hydrogen (secondary N) is 1. The van der Waals surface area contributed by atoms with E-state index in [2.05, 4.69) is 21.2 Å². The van der Waals surface area contributed by atoms with E-state index in [9.17, 15) is 9.59 Å². The number of furan rings is 1. The number of allylic oxidation sites excluding steroid dienone is 1. The van der Waals surface area contributed by atoms with Crippen LogP contribution in [-0.2, 0) is 4.79 Å². The third-order valence-corrected chi connectivity index (χ3v) is 3.52. The number of ketones is 1. The molecule has 1 heterocycles. The summed E-state index contributed by atoms with van der Waals surface area (Å²) in [5.74, 6) is -0.0383. The summed E-state index contributed by atoms with van der Waals surface area (Å²) >= 11 is 3.41. The molecule has 0 atom stereocenters. The number of benzene rings is 1. The molecule has 0 fully saturated rings. The van der Waals surface area contributed by atoms with Crippen molar-refractivity contribution in [3.05, 3.63) is 34.5 Å². The number of hydrogen-bond donors (Lipinski definition) is 1. The summed E-state index contributed by atoms with van der Waals surface area (Å²) < 4.78 is 11.5. The van der Waals surface area contributed by atoms with E-state index >= 15 is 0 Å². The van der Waals surface area contributed by atoms with Crippen molar-refractivity contribution in [2.75, 3.05) is 12.4 Å². The maximum absolute atomic E-state index is 11.8. The molecule has 5 nitrogen and oxygen atoms in total. The fraction of sp³-hybridized carbons (Fsp3) is 0.200. The summed E-state index contributed by atoms with van der Waals surface area (Å²) in [5, 5.41) is 3.28. The van der Waals surface area contributed by atoms with Gasteiger partial charge in [0.15, 0.2) is 22.9 Å². The summed E-state index contributed by atoms with van der Waals surface area (Å²) in [6, 6.07) is 3.49. The summed E-state index contributed by atoms with van der Waals surface area (Å²) in [6.07, 6.45) is 2.98. The van der Waals surface area contributed by atoms with E-state index in [4.69, 9.17) is 9.15 Å². The van der Waals surface area contributed by atoms with Gasteiger partial charge in [-0.05, 0) is 41.1 Å². The van der Waals surface area contributed by atoms with Gasteiger partial charge in [-0.3, -0.25) is 9.59 Å². The zero-order valence-electron chi connectivity index (χ0n) is 11.8. The van der Waals surface area contributed by atoms with Crippen LogP contribution in [0.2, 0.25) is 0 Å². The average molecular weight is 352 g/mol. The molecule has 6 heteroatoms. The first-order valence-corrected chi connectivity index (χ1v) is 7.02. The Bertz CT molecular complexity index is 746. The third kappa shape index (κ3) is 2.85. The number of rotatable bonds is 4. The van der Waals surface area contributed by atoms with Crippen LogP contribution in [0.25, 0.3) is 11.0 Å². The lowest BCUT2D eigenvalue weighted by Gasteiger charge is -2.04. The number of fused-ring (bicyclic) bond motifs is 1. The van der Waals surface area contributed by atoms with Gasteiger partial charge in [0.2, 0.25) is 5.91 Å². The molecule has 0 aliphatic heterocycles. The SMILES string of the molecule is C/C=C/C(=O)Nc1c(C(C)=O)oc2c(OC)ccc(Br)c12. The molecule has 1 N–H and O–H groups in total. The number of carbonyl (C=O) groups excluding carboxylic acids is 2. The molecule has 0 aliphatic carbocycles. The maximum Gasteiger partial charge on any atom is 0.248 e. The van der Waals surface area contributed by atoms with Gasteiger partial charge in [-0.25, -0.2) is 0 Å². The van der Waals surface area contributed by atoms with E-state index in [-0.39, 0.29) is 17.5 Å². The molecule has 0 spiro atoms. The number of methoxy groups -OCH3 is 1. The van der Waals surface area contributed by atoms with Crippen molar-refractivity contribution in [3.63, 3.8) is 0 Å². The van der Waals surface area contributed by atoms with Crippen molar-refractivity contribution in [2.45, 2.75) is 13.8 Å². The van der Waals surface area contributed by atoms with Gasteiger partial charge in [-0.2, -0.15) is 0 Å². The second-order valence-corrected chi connectivity index (χ2v) is 5.16. The molecule has 1 aromatic carbocycles. The van der Waals surface area contributed by atoms with Crippen LogP contribution < -0.4 is 10.1 Å². The molecule has 2 aromatic rings. The van der Waals surface area contributed by atoms with Gasteiger partial charge in [-0.1, -0.05) is 6.08 Å². The van der Waals surface area contributed by atoms with E-state index in [1.165, 1.54) is 20.1 Å². The predicted octanol–water partition coefficient (Wildman–Crippen LogP) is 3.92. The second-order valence-electron chi connectivity index (χ2n) is 4.31. The minimum atomic E-state index is -0.336. The van der Waals surface area contributed by atoms with E-state index in [0.717, 1.165) is 0 Å². The summed E-state index contributed by atoms with van der Waals surface area (Å²) in [6.45, 7) is 3.11. The first-order valence-electron chi connectivity index (χ1n) is 6.23. The van der Waals surface area contributed by atoms with Crippen molar-refractivity contribution in [1.29, 1.82) is 0 Å². The highest BCUT2D eigenvalue weighted by atomic mass is 79.9. The summed E-state index contributed by atoms with van der Waals surface area (Å²) in [7, 11) is 1.51. The van der Waals surface area contributed by atoms with Crippen LogP contribution in [0.1, 0.15) is 24.4 Å². The number of anilines is 1. The number of Topliss-reactive ketones (excluding diaryl/α,β-unsaturated/α-hetero) is 1. The maximum atomic E-state index is 11.8. The molecule has 0 unspecified atom stereocenters. The number of ether oxygens (including phenoxy) is 1. The summed E-state index contributed by atoms with van der Waals surface area (Å²) in [5.41, 5.74) is 0.749. The number of amides is 1. The van der Waals surface area contributed by atoms with Crippen LogP contribution in [0.4, 0.5) is 5.69 Å². The highest BCUT2D eigenvalue weighted by Crippen LogP contribution is 2.41. The Morgan fingerprint density at radius 2 is 2.10 bits per heavy atom. The predicted molar refractivity (Wildman–Crippen MR) is 83.9 cm³/mol. The van der Waals surface area contributed by atoms with E-state index < -0.39 is 0 Å². The van der Waals surface area contributed by atoms with Crippen molar-refractivity contribution < 1.29 is 18.7 Å². The number of carbonyl (C=O) groups is 2. The quantitative estimate of drug-likeness (QED) is 0.669. The van der Waals surface area contributed by atoms with Gasteiger partial charge >= 0.3 is 0 Å². The van der Waals surface area contributed by atoms with E-state index in [1.54, 1.807) is 25.1 Å². The Kier molecular flexibility index (Phi) is 4.47. The van der Waals surface area contributed by atoms with Gasteiger partial charge in [-0.15, -0.1) is 0 Å². The Morgan fingerprint density at radius 1 is 1.38 bits per heavy atom. The molecule has 110 valence electrons. The fourth-order valence-electron chi connectivity index (χ4n) is 1.98. The molecular weight excluding hydrogens is 338 g/mol. The van der Waals surface area contributed by atoms with Crippen molar-refractivity contribution >= 4 is 44.3 Å². The van der Waals surface area contributed by atoms with Gasteiger partial charge < -0.3 is 14.5 Å². The zero-order chi connectivity index (χ0) is 15.6. The second kappa shape index (κ2) is 6.13. The van der Waals surface area contributed by atoms with Gasteiger partial charge in [0, 0.05) is 11.4 Å². The van der Waals surface area contributed by atoms with Crippen molar-refractivity contribution in [1.82, 2.24) is 0 Å². The lowest BCUT2D eigenvalue weighted by Crippen LogP contribution is -2.10. The van der Waals surface area contributed by atoms with Crippen LogP contribution in [0.5, 0.6) is 5.75 Å². The zero-order valence-corrected chi connectivity index (χ0v) is 13.4. The van der Waals surface area contributed by atoms with Crippen LogP contribution >= 0.6 is 15.9 Å². The van der Waals surface area contributed by atoms with E-state index in [0.29, 0.717) is 26.9 Å². The molecule has 1 amide bonds. The highest BCUT2D eigenvalue weighted by Gasteiger charge is 2.23. The molecule has 0 saturated heterocycles. The minimum absolute atomic E-state index is 0.0908. The van der Waals surface area contributed by atoms with Crippen LogP contribution in [0, 0.1) is 0 Å². The number of hydrogen-bond acceptors (Lipinski definition) is 4. The van der Waals surface area contributed by atoms with Crippen molar-refractivity contribution in [2.24, 2.45) is 0 Å². The minimum Gasteiger partial charge on any atom is -0.493 e. The largest absolute Gasteiger partial charge is 0.493 e. The topological polar surface area (TPSA) is 68.5 Å². The Labute approximate surface area is 130 Å². The smallest absolute Gasteiger partial charge is 0.248 e. The molecule has 1 aromatic heterocycles. The monoisotopic (exact) mass is 351 g/mol. The van der Waals surface area contributed by atoms with Crippen LogP contribution in [0.3, 0.4) is 0 Å². The third-order valence-electron chi connectivity index (χ3n) is 2.86. The first-order chi connectivity index (χ1) is 9.99. The normalized spacial score (nSPS) is 11.0. The first kappa shape index (κ1) is 15.3. The Hall–Kier alpha value is -2.08. The average Bonchev–Trinajstić information content (AvgIpc) is 2.80. The molecule has 0 aliphatic rings.